The molecule has 0 atom stereocenters. The summed E-state index contributed by atoms with van der Waals surface area (Å²) in [6.07, 6.45) is 0. The van der Waals surface area contributed by atoms with Crippen molar-refractivity contribution < 1.29 is 9.52 Å². The number of piperazine rings is 1. The SMILES string of the molecule is CC1(C)CNCCN1Cc1cc(=O)oc2cc(O)ccc12. The Kier molecular flexibility index (Phi) is 3.47. The van der Waals surface area contributed by atoms with Crippen LogP contribution < -0.4 is 10.9 Å². The Bertz CT molecular complexity index is 721. The first kappa shape index (κ1) is 14.1. The van der Waals surface area contributed by atoms with Gasteiger partial charge in [0.2, 0.25) is 0 Å². The van der Waals surface area contributed by atoms with E-state index in [9.17, 15) is 9.90 Å². The number of nitrogens with zero attached hydrogens (tertiary/aromatic N) is 1. The van der Waals surface area contributed by atoms with E-state index in [2.05, 4.69) is 24.1 Å². The minimum Gasteiger partial charge on any atom is -0.508 e. The van der Waals surface area contributed by atoms with Crippen LogP contribution in [0.3, 0.4) is 0 Å². The standard InChI is InChI=1S/C16H20N2O3/c1-16(2)10-17-5-6-18(16)9-11-7-15(20)21-14-8-12(19)3-4-13(11)14/h3-4,7-8,17,19H,5-6,9-10H2,1-2H3. The van der Waals surface area contributed by atoms with Crippen molar-refractivity contribution in [1.82, 2.24) is 10.2 Å². The van der Waals surface area contributed by atoms with Crippen molar-refractivity contribution in [3.8, 4) is 5.75 Å². The van der Waals surface area contributed by atoms with Gasteiger partial charge in [0, 0.05) is 49.2 Å². The molecule has 2 N–H and O–H groups in total. The highest BCUT2D eigenvalue weighted by Gasteiger charge is 2.29. The number of nitrogens with one attached hydrogen (secondary N) is 1. The third kappa shape index (κ3) is 2.80. The van der Waals surface area contributed by atoms with E-state index in [1.54, 1.807) is 18.2 Å². The molecule has 0 bridgehead atoms. The molecule has 3 rings (SSSR count). The number of hydrogen-bond donors (Lipinski definition) is 2. The minimum atomic E-state index is -0.379. The minimum absolute atomic E-state index is 0.0392. The molecule has 5 nitrogen and oxygen atoms in total. The van der Waals surface area contributed by atoms with E-state index in [0.717, 1.165) is 30.6 Å². The molecule has 1 saturated heterocycles. The quantitative estimate of drug-likeness (QED) is 0.823. The zero-order valence-electron chi connectivity index (χ0n) is 12.3. The monoisotopic (exact) mass is 288 g/mol. The predicted octanol–water partition coefficient (Wildman–Crippen LogP) is 1.68. The van der Waals surface area contributed by atoms with Gasteiger partial charge in [-0.2, -0.15) is 0 Å². The van der Waals surface area contributed by atoms with E-state index < -0.39 is 0 Å². The summed E-state index contributed by atoms with van der Waals surface area (Å²) in [5.41, 5.74) is 1.04. The fourth-order valence-electron chi connectivity index (χ4n) is 2.87. The van der Waals surface area contributed by atoms with Gasteiger partial charge < -0.3 is 14.8 Å². The Morgan fingerprint density at radius 2 is 2.19 bits per heavy atom. The third-order valence-corrected chi connectivity index (χ3v) is 4.15. The molecule has 1 aromatic heterocycles. The van der Waals surface area contributed by atoms with Gasteiger partial charge in [-0.3, -0.25) is 4.90 Å². The molecule has 1 aliphatic rings. The van der Waals surface area contributed by atoms with E-state index >= 15 is 0 Å². The molecule has 1 fully saturated rings. The van der Waals surface area contributed by atoms with Gasteiger partial charge in [0.25, 0.3) is 0 Å². The summed E-state index contributed by atoms with van der Waals surface area (Å²) in [5.74, 6) is 0.102. The maximum Gasteiger partial charge on any atom is 0.336 e. The van der Waals surface area contributed by atoms with Gasteiger partial charge in [0.05, 0.1) is 0 Å². The molecule has 0 radical (unpaired) electrons. The van der Waals surface area contributed by atoms with Crippen LogP contribution in [0.25, 0.3) is 11.0 Å². The second kappa shape index (κ2) is 5.16. The molecular weight excluding hydrogens is 268 g/mol. The van der Waals surface area contributed by atoms with Crippen molar-refractivity contribution in [2.45, 2.75) is 25.9 Å². The summed E-state index contributed by atoms with van der Waals surface area (Å²) >= 11 is 0. The molecule has 0 aliphatic carbocycles. The van der Waals surface area contributed by atoms with Gasteiger partial charge in [-0.15, -0.1) is 0 Å². The van der Waals surface area contributed by atoms with Crippen molar-refractivity contribution in [2.75, 3.05) is 19.6 Å². The molecule has 2 aromatic rings. The van der Waals surface area contributed by atoms with Crippen LogP contribution in [0.2, 0.25) is 0 Å². The molecule has 0 amide bonds. The fourth-order valence-corrected chi connectivity index (χ4v) is 2.87. The Hall–Kier alpha value is -1.85. The van der Waals surface area contributed by atoms with Gasteiger partial charge in [-0.25, -0.2) is 4.79 Å². The molecule has 21 heavy (non-hydrogen) atoms. The van der Waals surface area contributed by atoms with Crippen molar-refractivity contribution in [3.05, 3.63) is 40.2 Å². The molecule has 0 saturated carbocycles. The zero-order chi connectivity index (χ0) is 15.0. The molecule has 0 unspecified atom stereocenters. The van der Waals surface area contributed by atoms with E-state index in [4.69, 9.17) is 4.42 Å². The van der Waals surface area contributed by atoms with Crippen LogP contribution in [0.5, 0.6) is 5.75 Å². The Morgan fingerprint density at radius 3 is 2.95 bits per heavy atom. The van der Waals surface area contributed by atoms with Crippen LogP contribution in [0.1, 0.15) is 19.4 Å². The highest BCUT2D eigenvalue weighted by Crippen LogP contribution is 2.25. The Balaban J connectivity index is 2.02. The van der Waals surface area contributed by atoms with E-state index in [0.29, 0.717) is 12.1 Å². The van der Waals surface area contributed by atoms with Gasteiger partial charge in [0.15, 0.2) is 0 Å². The van der Waals surface area contributed by atoms with Crippen LogP contribution >= 0.6 is 0 Å². The summed E-state index contributed by atoms with van der Waals surface area (Å²) in [6.45, 7) is 7.89. The molecule has 5 heteroatoms. The topological polar surface area (TPSA) is 65.7 Å². The number of phenolic OH excluding ortho intramolecular Hbond substituents is 1. The third-order valence-electron chi connectivity index (χ3n) is 4.15. The van der Waals surface area contributed by atoms with Crippen molar-refractivity contribution in [3.63, 3.8) is 0 Å². The molecular formula is C16H20N2O3. The second-order valence-electron chi connectivity index (χ2n) is 6.18. The van der Waals surface area contributed by atoms with Crippen LogP contribution in [0, 0.1) is 0 Å². The lowest BCUT2D eigenvalue weighted by molar-refractivity contribution is 0.0830. The van der Waals surface area contributed by atoms with Crippen molar-refractivity contribution >= 4 is 11.0 Å². The second-order valence-corrected chi connectivity index (χ2v) is 6.18. The van der Waals surface area contributed by atoms with Gasteiger partial charge in [0.1, 0.15) is 11.3 Å². The van der Waals surface area contributed by atoms with Crippen LogP contribution in [-0.2, 0) is 6.54 Å². The number of rotatable bonds is 2. The van der Waals surface area contributed by atoms with E-state index in [-0.39, 0.29) is 16.9 Å². The van der Waals surface area contributed by atoms with Gasteiger partial charge in [-0.1, -0.05) is 0 Å². The molecule has 1 aromatic carbocycles. The van der Waals surface area contributed by atoms with Crippen molar-refractivity contribution in [1.29, 1.82) is 0 Å². The smallest absolute Gasteiger partial charge is 0.336 e. The maximum atomic E-state index is 11.7. The van der Waals surface area contributed by atoms with E-state index in [1.165, 1.54) is 6.07 Å². The summed E-state index contributed by atoms with van der Waals surface area (Å²) in [7, 11) is 0. The summed E-state index contributed by atoms with van der Waals surface area (Å²) in [5, 5.41) is 13.8. The van der Waals surface area contributed by atoms with Crippen LogP contribution in [-0.4, -0.2) is 35.2 Å². The number of aromatic hydroxyl groups is 1. The lowest BCUT2D eigenvalue weighted by Crippen LogP contribution is -2.57. The Morgan fingerprint density at radius 1 is 1.38 bits per heavy atom. The largest absolute Gasteiger partial charge is 0.508 e. The molecule has 112 valence electrons. The molecule has 1 aliphatic heterocycles. The van der Waals surface area contributed by atoms with Gasteiger partial charge >= 0.3 is 5.63 Å². The normalized spacial score (nSPS) is 19.0. The average molecular weight is 288 g/mol. The number of fused-ring (bicyclic) bond motifs is 1. The van der Waals surface area contributed by atoms with Crippen LogP contribution in [0.15, 0.2) is 33.5 Å². The van der Waals surface area contributed by atoms with Gasteiger partial charge in [-0.05, 0) is 31.5 Å². The highest BCUT2D eigenvalue weighted by atomic mass is 16.4. The number of benzene rings is 1. The Labute approximate surface area is 123 Å². The van der Waals surface area contributed by atoms with Crippen LogP contribution in [0.4, 0.5) is 0 Å². The maximum absolute atomic E-state index is 11.7. The first-order chi connectivity index (χ1) is 9.95. The summed E-state index contributed by atoms with van der Waals surface area (Å²) < 4.78 is 5.18. The first-order valence-electron chi connectivity index (χ1n) is 7.17. The first-order valence-corrected chi connectivity index (χ1v) is 7.17. The molecule has 0 spiro atoms. The zero-order valence-corrected chi connectivity index (χ0v) is 12.3. The van der Waals surface area contributed by atoms with Crippen molar-refractivity contribution in [2.24, 2.45) is 0 Å². The number of phenols is 1. The predicted molar refractivity (Wildman–Crippen MR) is 81.5 cm³/mol. The summed E-state index contributed by atoms with van der Waals surface area (Å²) in [6, 6.07) is 6.47. The number of hydrogen-bond acceptors (Lipinski definition) is 5. The van der Waals surface area contributed by atoms with E-state index in [1.807, 2.05) is 0 Å². The fraction of sp³-hybridized carbons (Fsp3) is 0.438. The highest BCUT2D eigenvalue weighted by molar-refractivity contribution is 5.81. The lowest BCUT2D eigenvalue weighted by Gasteiger charge is -2.43. The summed E-state index contributed by atoms with van der Waals surface area (Å²) in [4.78, 5) is 14.1. The average Bonchev–Trinajstić information content (AvgIpc) is 2.40. The lowest BCUT2D eigenvalue weighted by atomic mass is 9.98. The molecule has 2 heterocycles.